The van der Waals surface area contributed by atoms with Gasteiger partial charge in [-0.25, -0.2) is 0 Å². The average Bonchev–Trinajstić information content (AvgIpc) is 3.65. The van der Waals surface area contributed by atoms with Crippen LogP contribution >= 0.6 is 0 Å². The lowest BCUT2D eigenvalue weighted by atomic mass is 9.96. The maximum Gasteiger partial charge on any atom is 0.150 e. The average molecular weight is 589 g/mol. The molecule has 0 aliphatic heterocycles. The molecule has 0 atom stereocenters. The first kappa shape index (κ1) is 26.2. The van der Waals surface area contributed by atoms with Crippen LogP contribution in [0.5, 0.6) is 34.5 Å². The Bertz CT molecular complexity index is 2470. The van der Waals surface area contributed by atoms with Gasteiger partial charge < -0.3 is 37.3 Å². The van der Waals surface area contributed by atoms with Gasteiger partial charge in [-0.2, -0.15) is 0 Å². The van der Waals surface area contributed by atoms with E-state index in [0.29, 0.717) is 51.1 Å². The molecule has 0 saturated heterocycles. The highest BCUT2D eigenvalue weighted by Crippen LogP contribution is 2.53. The molecule has 0 saturated carbocycles. The van der Waals surface area contributed by atoms with Crippen LogP contribution in [-0.2, 0) is 0 Å². The summed E-state index contributed by atoms with van der Waals surface area (Å²) in [6.07, 6.45) is 0. The molecule has 8 rings (SSSR count). The third-order valence-electron chi connectivity index (χ3n) is 8.66. The molecule has 0 fully saturated rings. The van der Waals surface area contributed by atoms with Gasteiger partial charge in [0.2, 0.25) is 0 Å². The number of hydrogen-bond acceptors (Lipinski definition) is 8. The van der Waals surface area contributed by atoms with Crippen LogP contribution in [0.15, 0.2) is 69.5 Å². The summed E-state index contributed by atoms with van der Waals surface area (Å²) in [7, 11) is 9.92. The number of furan rings is 2. The van der Waals surface area contributed by atoms with E-state index in [4.69, 9.17) is 37.3 Å². The Morgan fingerprint density at radius 2 is 0.636 bits per heavy atom. The molecular formula is C36H28O8. The quantitative estimate of drug-likeness (QED) is 0.190. The third kappa shape index (κ3) is 3.22. The highest BCUT2D eigenvalue weighted by molar-refractivity contribution is 6.38. The molecule has 0 aliphatic carbocycles. The van der Waals surface area contributed by atoms with Gasteiger partial charge in [0.25, 0.3) is 0 Å². The molecule has 8 nitrogen and oxygen atoms in total. The first-order chi connectivity index (χ1) is 21.6. The number of hydrogen-bond donors (Lipinski definition) is 0. The van der Waals surface area contributed by atoms with Gasteiger partial charge >= 0.3 is 0 Å². The minimum atomic E-state index is 0.614. The predicted octanol–water partition coefficient (Wildman–Crippen LogP) is 9.00. The monoisotopic (exact) mass is 588 g/mol. The Kier molecular flexibility index (Phi) is 5.65. The van der Waals surface area contributed by atoms with E-state index in [9.17, 15) is 0 Å². The van der Waals surface area contributed by atoms with Gasteiger partial charge in [0.15, 0.2) is 5.58 Å². The van der Waals surface area contributed by atoms with E-state index in [1.165, 1.54) is 0 Å². The molecule has 0 unspecified atom stereocenters. The van der Waals surface area contributed by atoms with Crippen molar-refractivity contribution in [2.24, 2.45) is 0 Å². The number of rotatable bonds is 6. The van der Waals surface area contributed by atoms with E-state index < -0.39 is 0 Å². The Balaban J connectivity index is 1.71. The van der Waals surface area contributed by atoms with Crippen molar-refractivity contribution in [3.8, 4) is 34.5 Å². The van der Waals surface area contributed by atoms with Gasteiger partial charge in [-0.05, 0) is 60.7 Å². The topological polar surface area (TPSA) is 81.7 Å². The summed E-state index contributed by atoms with van der Waals surface area (Å²) < 4.78 is 48.8. The lowest BCUT2D eigenvalue weighted by Crippen LogP contribution is -1.91. The van der Waals surface area contributed by atoms with Crippen molar-refractivity contribution in [3.63, 3.8) is 0 Å². The highest BCUT2D eigenvalue weighted by atomic mass is 16.5. The first-order valence-corrected chi connectivity index (χ1v) is 14.0. The number of fused-ring (bicyclic) bond motifs is 14. The fourth-order valence-corrected chi connectivity index (χ4v) is 6.77. The zero-order chi connectivity index (χ0) is 30.3. The van der Waals surface area contributed by atoms with Gasteiger partial charge in [0.05, 0.1) is 64.2 Å². The zero-order valence-corrected chi connectivity index (χ0v) is 25.0. The maximum atomic E-state index is 6.93. The zero-order valence-electron chi connectivity index (χ0n) is 25.0. The summed E-state index contributed by atoms with van der Waals surface area (Å²) in [5, 5.41) is 8.42. The Hall–Kier alpha value is -5.50. The highest BCUT2D eigenvalue weighted by Gasteiger charge is 2.28. The standard InChI is InChI=1S/C36H28O8/c1-37-21-11-13-23(39-3)27-17(21)7-9-19-29-31-25(41-5)15-16-26(42-6)32(31)36-30(35(29)43-33(19)27)20-10-8-18-22(38-2)12-14-24(40-4)28(18)34(20)44-36/h7-16H,1-6H3. The number of ether oxygens (including phenoxy) is 6. The summed E-state index contributed by atoms with van der Waals surface area (Å²) in [6.45, 7) is 0. The molecule has 44 heavy (non-hydrogen) atoms. The van der Waals surface area contributed by atoms with Crippen molar-refractivity contribution in [1.82, 2.24) is 0 Å². The van der Waals surface area contributed by atoms with Crippen LogP contribution in [0.2, 0.25) is 0 Å². The molecule has 6 aromatic carbocycles. The second kappa shape index (κ2) is 9.50. The van der Waals surface area contributed by atoms with Crippen LogP contribution in [-0.4, -0.2) is 42.7 Å². The normalized spacial score (nSPS) is 11.9. The second-order valence-electron chi connectivity index (χ2n) is 10.5. The van der Waals surface area contributed by atoms with E-state index in [1.807, 2.05) is 54.6 Å². The number of methoxy groups -OCH3 is 6. The van der Waals surface area contributed by atoms with Gasteiger partial charge in [-0.1, -0.05) is 0 Å². The molecule has 0 spiro atoms. The van der Waals surface area contributed by atoms with Crippen LogP contribution in [0.3, 0.4) is 0 Å². The van der Waals surface area contributed by atoms with Gasteiger partial charge in [-0.15, -0.1) is 0 Å². The molecule has 0 radical (unpaired) electrons. The first-order valence-electron chi connectivity index (χ1n) is 14.0. The van der Waals surface area contributed by atoms with Crippen molar-refractivity contribution < 1.29 is 37.3 Å². The van der Waals surface area contributed by atoms with Gasteiger partial charge in [0, 0.05) is 32.3 Å². The minimum Gasteiger partial charge on any atom is -0.496 e. The molecule has 8 heteroatoms. The Labute approximate surface area is 251 Å². The molecule has 2 heterocycles. The van der Waals surface area contributed by atoms with Crippen molar-refractivity contribution >= 4 is 76.2 Å². The predicted molar refractivity (Wildman–Crippen MR) is 173 cm³/mol. The van der Waals surface area contributed by atoms with Crippen molar-refractivity contribution in [1.29, 1.82) is 0 Å². The fourth-order valence-electron chi connectivity index (χ4n) is 6.77. The van der Waals surface area contributed by atoms with E-state index >= 15 is 0 Å². The van der Waals surface area contributed by atoms with Gasteiger partial charge in [0.1, 0.15) is 51.2 Å². The van der Waals surface area contributed by atoms with Crippen LogP contribution in [0.4, 0.5) is 0 Å². The summed E-state index contributed by atoms with van der Waals surface area (Å²) >= 11 is 0. The summed E-state index contributed by atoms with van der Waals surface area (Å²) in [6, 6.07) is 19.5. The van der Waals surface area contributed by atoms with Crippen LogP contribution in [0.25, 0.3) is 76.2 Å². The SMILES string of the molecule is COc1ccc(OC)c2c1ccc1c2oc2c3c(OC)ccc(OC)c3c3c4ccc5c(OC)ccc(OC)c5c4oc3c12. The third-order valence-corrected chi connectivity index (χ3v) is 8.66. The second-order valence-corrected chi connectivity index (χ2v) is 10.5. The molecule has 8 aromatic rings. The minimum absolute atomic E-state index is 0.614. The van der Waals surface area contributed by atoms with E-state index in [2.05, 4.69) is 6.07 Å². The molecule has 220 valence electrons. The number of benzene rings is 6. The van der Waals surface area contributed by atoms with E-state index in [1.54, 1.807) is 42.7 Å². The van der Waals surface area contributed by atoms with Crippen LogP contribution < -0.4 is 28.4 Å². The molecule has 0 bridgehead atoms. The molecule has 2 aromatic heterocycles. The van der Waals surface area contributed by atoms with Gasteiger partial charge in [-0.3, -0.25) is 0 Å². The summed E-state index contributed by atoms with van der Waals surface area (Å²) in [5.74, 6) is 4.10. The Morgan fingerprint density at radius 3 is 1.09 bits per heavy atom. The molecule has 0 N–H and O–H groups in total. The van der Waals surface area contributed by atoms with Crippen LogP contribution in [0.1, 0.15) is 0 Å². The largest absolute Gasteiger partial charge is 0.496 e. The maximum absolute atomic E-state index is 6.93. The Morgan fingerprint density at radius 1 is 0.295 bits per heavy atom. The van der Waals surface area contributed by atoms with Crippen molar-refractivity contribution in [3.05, 3.63) is 60.7 Å². The summed E-state index contributed by atoms with van der Waals surface area (Å²) in [4.78, 5) is 0. The fraction of sp³-hybridized carbons (Fsp3) is 0.167. The smallest absolute Gasteiger partial charge is 0.150 e. The van der Waals surface area contributed by atoms with E-state index in [-0.39, 0.29) is 0 Å². The lowest BCUT2D eigenvalue weighted by molar-refractivity contribution is 0.410. The van der Waals surface area contributed by atoms with Crippen LogP contribution in [0, 0.1) is 0 Å². The van der Waals surface area contributed by atoms with E-state index in [0.717, 1.165) is 59.6 Å². The summed E-state index contributed by atoms with van der Waals surface area (Å²) in [5.41, 5.74) is 2.59. The molecular weight excluding hydrogens is 560 g/mol. The van der Waals surface area contributed by atoms with Crippen molar-refractivity contribution in [2.45, 2.75) is 0 Å². The molecule has 0 amide bonds. The van der Waals surface area contributed by atoms with Crippen molar-refractivity contribution in [2.75, 3.05) is 42.7 Å². The molecule has 0 aliphatic rings. The lowest BCUT2D eigenvalue weighted by Gasteiger charge is -2.12.